The Kier molecular flexibility index (Phi) is 4.55. The van der Waals surface area contributed by atoms with Gasteiger partial charge in [0.1, 0.15) is 11.6 Å². The standard InChI is InChI=1S/C10H21NO3/c1-6(7(2)12)8(11)9(13)14-10(3,4)5/h6-8,12H,11H2,1-5H3. The second kappa shape index (κ2) is 4.75. The van der Waals surface area contributed by atoms with E-state index in [2.05, 4.69) is 0 Å². The highest BCUT2D eigenvalue weighted by molar-refractivity contribution is 5.76. The van der Waals surface area contributed by atoms with Gasteiger partial charge >= 0.3 is 5.97 Å². The fourth-order valence-electron chi connectivity index (χ4n) is 0.885. The lowest BCUT2D eigenvalue weighted by molar-refractivity contribution is -0.158. The maximum Gasteiger partial charge on any atom is 0.323 e. The maximum absolute atomic E-state index is 11.4. The van der Waals surface area contributed by atoms with Crippen LogP contribution in [0.1, 0.15) is 34.6 Å². The molecule has 0 saturated heterocycles. The van der Waals surface area contributed by atoms with Gasteiger partial charge in [-0.05, 0) is 27.7 Å². The third kappa shape index (κ3) is 4.58. The first-order valence-electron chi connectivity index (χ1n) is 4.81. The normalized spacial score (nSPS) is 18.5. The molecule has 0 rings (SSSR count). The fourth-order valence-corrected chi connectivity index (χ4v) is 0.885. The Morgan fingerprint density at radius 2 is 1.79 bits per heavy atom. The molecule has 3 N–H and O–H groups in total. The minimum Gasteiger partial charge on any atom is -0.459 e. The number of rotatable bonds is 3. The van der Waals surface area contributed by atoms with E-state index in [1.165, 1.54) is 0 Å². The lowest BCUT2D eigenvalue weighted by atomic mass is 9.97. The summed E-state index contributed by atoms with van der Waals surface area (Å²) in [4.78, 5) is 11.4. The predicted octanol–water partition coefficient (Wildman–Crippen LogP) is 0.672. The quantitative estimate of drug-likeness (QED) is 0.661. The molecule has 0 spiro atoms. The van der Waals surface area contributed by atoms with Crippen LogP contribution in [0, 0.1) is 5.92 Å². The summed E-state index contributed by atoms with van der Waals surface area (Å²) < 4.78 is 5.10. The third-order valence-electron chi connectivity index (χ3n) is 2.01. The van der Waals surface area contributed by atoms with E-state index in [1.807, 2.05) is 0 Å². The van der Waals surface area contributed by atoms with Gasteiger partial charge in [-0.2, -0.15) is 0 Å². The van der Waals surface area contributed by atoms with Crippen molar-refractivity contribution in [3.63, 3.8) is 0 Å². The van der Waals surface area contributed by atoms with Gasteiger partial charge in [0, 0.05) is 5.92 Å². The number of aliphatic hydroxyl groups is 1. The van der Waals surface area contributed by atoms with Crippen LogP contribution in [0.15, 0.2) is 0 Å². The topological polar surface area (TPSA) is 72.5 Å². The first kappa shape index (κ1) is 13.4. The zero-order valence-corrected chi connectivity index (χ0v) is 9.57. The summed E-state index contributed by atoms with van der Waals surface area (Å²) in [5.41, 5.74) is 5.10. The zero-order valence-electron chi connectivity index (χ0n) is 9.57. The molecule has 84 valence electrons. The molecule has 0 aliphatic carbocycles. The van der Waals surface area contributed by atoms with Gasteiger partial charge in [-0.1, -0.05) is 6.92 Å². The van der Waals surface area contributed by atoms with Crippen molar-refractivity contribution in [3.05, 3.63) is 0 Å². The maximum atomic E-state index is 11.4. The Bertz CT molecular complexity index is 196. The molecular weight excluding hydrogens is 182 g/mol. The molecule has 4 nitrogen and oxygen atoms in total. The lowest BCUT2D eigenvalue weighted by Gasteiger charge is -2.26. The number of hydrogen-bond donors (Lipinski definition) is 2. The lowest BCUT2D eigenvalue weighted by Crippen LogP contribution is -2.44. The van der Waals surface area contributed by atoms with Crippen molar-refractivity contribution in [2.75, 3.05) is 0 Å². The highest BCUT2D eigenvalue weighted by Gasteiger charge is 2.28. The molecule has 3 unspecified atom stereocenters. The van der Waals surface area contributed by atoms with Crippen LogP contribution >= 0.6 is 0 Å². The van der Waals surface area contributed by atoms with Gasteiger partial charge in [0.05, 0.1) is 6.10 Å². The molecule has 0 aromatic carbocycles. The molecule has 14 heavy (non-hydrogen) atoms. The number of esters is 1. The molecule has 3 atom stereocenters. The Morgan fingerprint density at radius 3 is 2.07 bits per heavy atom. The highest BCUT2D eigenvalue weighted by atomic mass is 16.6. The number of aliphatic hydroxyl groups excluding tert-OH is 1. The summed E-state index contributed by atoms with van der Waals surface area (Å²) in [6.45, 7) is 8.67. The van der Waals surface area contributed by atoms with E-state index < -0.39 is 23.7 Å². The summed E-state index contributed by atoms with van der Waals surface area (Å²) in [5.74, 6) is -0.768. The van der Waals surface area contributed by atoms with Gasteiger partial charge in [-0.25, -0.2) is 0 Å². The average molecular weight is 203 g/mol. The Hall–Kier alpha value is -0.610. The second-order valence-electron chi connectivity index (χ2n) is 4.66. The van der Waals surface area contributed by atoms with Crippen molar-refractivity contribution in [3.8, 4) is 0 Å². The Balaban J connectivity index is 4.26. The number of hydrogen-bond acceptors (Lipinski definition) is 4. The van der Waals surface area contributed by atoms with Crippen LogP contribution in [0.25, 0.3) is 0 Å². The molecule has 0 aromatic rings. The second-order valence-corrected chi connectivity index (χ2v) is 4.66. The van der Waals surface area contributed by atoms with Gasteiger partial charge in [-0.15, -0.1) is 0 Å². The molecule has 0 bridgehead atoms. The largest absolute Gasteiger partial charge is 0.459 e. The van der Waals surface area contributed by atoms with Crippen LogP contribution in [-0.4, -0.2) is 28.8 Å². The average Bonchev–Trinajstić information content (AvgIpc) is 1.98. The van der Waals surface area contributed by atoms with Crippen LogP contribution in [0.4, 0.5) is 0 Å². The molecule has 0 aromatic heterocycles. The van der Waals surface area contributed by atoms with Crippen LogP contribution in [0.3, 0.4) is 0 Å². The van der Waals surface area contributed by atoms with Crippen LogP contribution < -0.4 is 5.73 Å². The minimum atomic E-state index is -0.769. The summed E-state index contributed by atoms with van der Waals surface area (Å²) in [6.07, 6.45) is -0.613. The van der Waals surface area contributed by atoms with Gasteiger partial charge in [0.2, 0.25) is 0 Å². The predicted molar refractivity (Wildman–Crippen MR) is 54.7 cm³/mol. The van der Waals surface area contributed by atoms with E-state index >= 15 is 0 Å². The fraction of sp³-hybridized carbons (Fsp3) is 0.900. The zero-order chi connectivity index (χ0) is 11.5. The SMILES string of the molecule is CC(O)C(C)C(N)C(=O)OC(C)(C)C. The molecule has 0 heterocycles. The van der Waals surface area contributed by atoms with Crippen LogP contribution in [-0.2, 0) is 9.53 Å². The third-order valence-corrected chi connectivity index (χ3v) is 2.01. The van der Waals surface area contributed by atoms with E-state index in [0.29, 0.717) is 0 Å². The van der Waals surface area contributed by atoms with Crippen LogP contribution in [0.2, 0.25) is 0 Å². The summed E-state index contributed by atoms with van der Waals surface area (Å²) in [7, 11) is 0. The first-order valence-corrected chi connectivity index (χ1v) is 4.81. The Labute approximate surface area is 85.4 Å². The Morgan fingerprint density at radius 1 is 1.36 bits per heavy atom. The van der Waals surface area contributed by atoms with Crippen molar-refractivity contribution in [1.82, 2.24) is 0 Å². The number of carbonyl (C=O) groups excluding carboxylic acids is 1. The molecule has 0 aliphatic heterocycles. The summed E-state index contributed by atoms with van der Waals surface area (Å²) in [6, 6.07) is -0.769. The smallest absolute Gasteiger partial charge is 0.323 e. The molecule has 0 saturated carbocycles. The van der Waals surface area contributed by atoms with Gasteiger partial charge in [0.25, 0.3) is 0 Å². The molecule has 4 heteroatoms. The number of nitrogens with two attached hydrogens (primary N) is 1. The number of carbonyl (C=O) groups is 1. The van der Waals surface area contributed by atoms with E-state index in [4.69, 9.17) is 10.5 Å². The highest BCUT2D eigenvalue weighted by Crippen LogP contribution is 2.13. The van der Waals surface area contributed by atoms with Crippen molar-refractivity contribution in [2.24, 2.45) is 11.7 Å². The van der Waals surface area contributed by atoms with E-state index in [-0.39, 0.29) is 5.92 Å². The summed E-state index contributed by atoms with van der Waals surface area (Å²) in [5, 5.41) is 9.25. The van der Waals surface area contributed by atoms with Gasteiger partial charge in [-0.3, -0.25) is 4.79 Å². The first-order chi connectivity index (χ1) is 6.15. The van der Waals surface area contributed by atoms with Crippen molar-refractivity contribution in [1.29, 1.82) is 0 Å². The summed E-state index contributed by atoms with van der Waals surface area (Å²) >= 11 is 0. The van der Waals surface area contributed by atoms with Gasteiger partial charge < -0.3 is 15.6 Å². The molecule has 0 aliphatic rings. The molecule has 0 radical (unpaired) electrons. The van der Waals surface area contributed by atoms with Gasteiger partial charge in [0.15, 0.2) is 0 Å². The monoisotopic (exact) mass is 203 g/mol. The van der Waals surface area contributed by atoms with Crippen molar-refractivity contribution in [2.45, 2.75) is 52.4 Å². The minimum absolute atomic E-state index is 0.301. The van der Waals surface area contributed by atoms with Crippen LogP contribution in [0.5, 0.6) is 0 Å². The van der Waals surface area contributed by atoms with Crippen molar-refractivity contribution < 1.29 is 14.6 Å². The molecule has 0 amide bonds. The van der Waals surface area contributed by atoms with E-state index in [1.54, 1.807) is 34.6 Å². The molecular formula is C10H21NO3. The van der Waals surface area contributed by atoms with E-state index in [0.717, 1.165) is 0 Å². The number of ether oxygens (including phenoxy) is 1. The molecule has 0 fully saturated rings. The van der Waals surface area contributed by atoms with E-state index in [9.17, 15) is 9.90 Å². The van der Waals surface area contributed by atoms with Crippen molar-refractivity contribution >= 4 is 5.97 Å².